The molecular formula is C21H27N3O4. The molecule has 0 atom stereocenters. The summed E-state index contributed by atoms with van der Waals surface area (Å²) in [6.45, 7) is 7.12. The number of carbonyl (C=O) groups is 1. The van der Waals surface area contributed by atoms with Crippen molar-refractivity contribution in [2.45, 2.75) is 26.7 Å². The average Bonchev–Trinajstić information content (AvgIpc) is 2.65. The highest BCUT2D eigenvalue weighted by Crippen LogP contribution is 2.29. The summed E-state index contributed by atoms with van der Waals surface area (Å²) in [4.78, 5) is 10.6. The molecule has 0 spiro atoms. The quantitative estimate of drug-likeness (QED) is 0.392. The number of methoxy groups -OCH3 is 1. The van der Waals surface area contributed by atoms with Crippen LogP contribution >= 0.6 is 0 Å². The summed E-state index contributed by atoms with van der Waals surface area (Å²) in [6, 6.07) is 10.8. The number of nitrogens with zero attached hydrogens (tertiary/aromatic N) is 1. The van der Waals surface area contributed by atoms with E-state index in [0.717, 1.165) is 16.9 Å². The summed E-state index contributed by atoms with van der Waals surface area (Å²) < 4.78 is 17.1. The molecule has 2 aromatic carbocycles. The Morgan fingerprint density at radius 2 is 1.82 bits per heavy atom. The Hall–Kier alpha value is -3.22. The van der Waals surface area contributed by atoms with Gasteiger partial charge in [0.15, 0.2) is 11.5 Å². The molecule has 7 nitrogen and oxygen atoms in total. The Bertz CT molecular complexity index is 834. The van der Waals surface area contributed by atoms with E-state index < -0.39 is 6.03 Å². The topological polar surface area (TPSA) is 95.2 Å². The first-order valence-corrected chi connectivity index (χ1v) is 9.03. The van der Waals surface area contributed by atoms with E-state index in [2.05, 4.69) is 36.5 Å². The van der Waals surface area contributed by atoms with Gasteiger partial charge in [0, 0.05) is 0 Å². The number of amides is 2. The fraction of sp³-hybridized carbons (Fsp3) is 0.333. The molecule has 0 saturated carbocycles. The maximum absolute atomic E-state index is 10.6. The zero-order valence-corrected chi connectivity index (χ0v) is 16.7. The van der Waals surface area contributed by atoms with E-state index >= 15 is 0 Å². The van der Waals surface area contributed by atoms with Crippen molar-refractivity contribution in [3.8, 4) is 17.2 Å². The van der Waals surface area contributed by atoms with Gasteiger partial charge in [-0.3, -0.25) is 0 Å². The third kappa shape index (κ3) is 6.19. The van der Waals surface area contributed by atoms with Gasteiger partial charge in [-0.25, -0.2) is 10.2 Å². The number of nitrogens with one attached hydrogen (secondary N) is 1. The average molecular weight is 385 g/mol. The smallest absolute Gasteiger partial charge is 0.332 e. The number of nitrogens with two attached hydrogens (primary N) is 1. The summed E-state index contributed by atoms with van der Waals surface area (Å²) in [5.41, 5.74) is 10.2. The van der Waals surface area contributed by atoms with E-state index in [4.69, 9.17) is 19.9 Å². The van der Waals surface area contributed by atoms with Crippen LogP contribution in [0.5, 0.6) is 17.2 Å². The molecule has 0 unspecified atom stereocenters. The van der Waals surface area contributed by atoms with Crippen molar-refractivity contribution < 1.29 is 19.0 Å². The molecule has 2 rings (SSSR count). The van der Waals surface area contributed by atoms with Gasteiger partial charge in [0.2, 0.25) is 0 Å². The highest BCUT2D eigenvalue weighted by atomic mass is 16.5. The van der Waals surface area contributed by atoms with Crippen LogP contribution in [-0.2, 0) is 0 Å². The lowest BCUT2D eigenvalue weighted by Gasteiger charge is -2.16. The normalized spacial score (nSPS) is 10.9. The summed E-state index contributed by atoms with van der Waals surface area (Å²) in [7, 11) is 1.56. The molecule has 0 aliphatic rings. The van der Waals surface area contributed by atoms with Gasteiger partial charge in [-0.2, -0.15) is 5.10 Å². The van der Waals surface area contributed by atoms with E-state index in [1.54, 1.807) is 25.3 Å². The summed E-state index contributed by atoms with van der Waals surface area (Å²) in [6.07, 6.45) is 1.46. The Morgan fingerprint density at radius 3 is 2.46 bits per heavy atom. The van der Waals surface area contributed by atoms with Crippen LogP contribution in [0.15, 0.2) is 41.5 Å². The van der Waals surface area contributed by atoms with Crippen molar-refractivity contribution in [2.75, 3.05) is 20.3 Å². The van der Waals surface area contributed by atoms with Gasteiger partial charge < -0.3 is 19.9 Å². The van der Waals surface area contributed by atoms with Crippen molar-refractivity contribution in [3.05, 3.63) is 53.1 Å². The van der Waals surface area contributed by atoms with E-state index in [1.807, 2.05) is 13.0 Å². The Labute approximate surface area is 165 Å². The van der Waals surface area contributed by atoms with Gasteiger partial charge in [-0.05, 0) is 53.8 Å². The van der Waals surface area contributed by atoms with E-state index in [1.165, 1.54) is 11.8 Å². The second-order valence-electron chi connectivity index (χ2n) is 6.54. The van der Waals surface area contributed by atoms with Crippen LogP contribution in [0.1, 0.15) is 36.5 Å². The lowest BCUT2D eigenvalue weighted by molar-refractivity contribution is 0.210. The van der Waals surface area contributed by atoms with E-state index in [9.17, 15) is 4.79 Å². The number of hydrazone groups is 1. The highest BCUT2D eigenvalue weighted by molar-refractivity contribution is 5.82. The number of hydrogen-bond donors (Lipinski definition) is 2. The Balaban J connectivity index is 1.95. The van der Waals surface area contributed by atoms with Crippen LogP contribution in [0.3, 0.4) is 0 Å². The minimum atomic E-state index is -0.725. The number of hydrogen-bond acceptors (Lipinski definition) is 5. The predicted molar refractivity (Wildman–Crippen MR) is 110 cm³/mol. The lowest BCUT2D eigenvalue weighted by atomic mass is 10.0. The molecule has 2 amide bonds. The van der Waals surface area contributed by atoms with Crippen LogP contribution in [0.25, 0.3) is 0 Å². The molecule has 0 saturated heterocycles. The molecule has 0 fully saturated rings. The first-order valence-electron chi connectivity index (χ1n) is 9.03. The van der Waals surface area contributed by atoms with Crippen molar-refractivity contribution >= 4 is 12.2 Å². The third-order valence-corrected chi connectivity index (χ3v) is 3.97. The van der Waals surface area contributed by atoms with Crippen LogP contribution in [0, 0.1) is 6.92 Å². The molecule has 2 aromatic rings. The standard InChI is InChI=1S/C21H27N3O4/c1-14(2)17-7-5-15(3)11-19(17)28-10-9-27-18-8-6-16(12-20(18)26-4)13-23-24-21(22)25/h5-8,11-14H,9-10H2,1-4H3,(H3,22,24,25)/b23-13+. The molecule has 3 N–H and O–H groups in total. The second kappa shape index (κ2) is 10.2. The summed E-state index contributed by atoms with van der Waals surface area (Å²) in [5.74, 6) is 2.43. The molecule has 0 heterocycles. The van der Waals surface area contributed by atoms with Gasteiger partial charge in [0.05, 0.1) is 13.3 Å². The van der Waals surface area contributed by atoms with Crippen molar-refractivity contribution in [3.63, 3.8) is 0 Å². The first kappa shape index (κ1) is 21.1. The van der Waals surface area contributed by atoms with Crippen LogP contribution in [0.2, 0.25) is 0 Å². The molecule has 0 bridgehead atoms. The van der Waals surface area contributed by atoms with Gasteiger partial charge in [-0.1, -0.05) is 26.0 Å². The maximum atomic E-state index is 10.6. The molecule has 0 aromatic heterocycles. The minimum Gasteiger partial charge on any atom is -0.493 e. The Kier molecular flexibility index (Phi) is 7.68. The molecular weight excluding hydrogens is 358 g/mol. The summed E-state index contributed by atoms with van der Waals surface area (Å²) >= 11 is 0. The highest BCUT2D eigenvalue weighted by Gasteiger charge is 2.09. The predicted octanol–water partition coefficient (Wildman–Crippen LogP) is 3.59. The molecule has 0 radical (unpaired) electrons. The zero-order chi connectivity index (χ0) is 20.5. The number of aryl methyl sites for hydroxylation is 1. The Morgan fingerprint density at radius 1 is 1.11 bits per heavy atom. The minimum absolute atomic E-state index is 0.374. The number of urea groups is 1. The van der Waals surface area contributed by atoms with Gasteiger partial charge in [0.1, 0.15) is 19.0 Å². The molecule has 0 aliphatic heterocycles. The SMILES string of the molecule is COc1cc(/C=N/NC(N)=O)ccc1OCCOc1cc(C)ccc1C(C)C. The molecule has 150 valence electrons. The number of rotatable bonds is 9. The van der Waals surface area contributed by atoms with Gasteiger partial charge in [0.25, 0.3) is 0 Å². The third-order valence-electron chi connectivity index (χ3n) is 3.97. The maximum Gasteiger partial charge on any atom is 0.332 e. The van der Waals surface area contributed by atoms with Crippen LogP contribution < -0.4 is 25.4 Å². The van der Waals surface area contributed by atoms with E-state index in [-0.39, 0.29) is 0 Å². The number of benzene rings is 2. The summed E-state index contributed by atoms with van der Waals surface area (Å²) in [5, 5.41) is 3.72. The molecule has 7 heteroatoms. The molecule has 28 heavy (non-hydrogen) atoms. The van der Waals surface area contributed by atoms with Crippen molar-refractivity contribution in [1.82, 2.24) is 5.43 Å². The zero-order valence-electron chi connectivity index (χ0n) is 16.7. The van der Waals surface area contributed by atoms with Crippen molar-refractivity contribution in [1.29, 1.82) is 0 Å². The van der Waals surface area contributed by atoms with E-state index in [0.29, 0.717) is 30.6 Å². The number of carbonyl (C=O) groups excluding carboxylic acids is 1. The van der Waals surface area contributed by atoms with Crippen molar-refractivity contribution in [2.24, 2.45) is 10.8 Å². The fourth-order valence-electron chi connectivity index (χ4n) is 2.60. The lowest BCUT2D eigenvalue weighted by Crippen LogP contribution is -2.24. The largest absolute Gasteiger partial charge is 0.493 e. The fourth-order valence-corrected chi connectivity index (χ4v) is 2.60. The number of ether oxygens (including phenoxy) is 3. The molecule has 0 aliphatic carbocycles. The second-order valence-corrected chi connectivity index (χ2v) is 6.54. The van der Waals surface area contributed by atoms with Crippen LogP contribution in [0.4, 0.5) is 4.79 Å². The monoisotopic (exact) mass is 385 g/mol. The number of primary amides is 1. The van der Waals surface area contributed by atoms with Gasteiger partial charge in [-0.15, -0.1) is 0 Å². The van der Waals surface area contributed by atoms with Gasteiger partial charge >= 0.3 is 6.03 Å². The van der Waals surface area contributed by atoms with Crippen LogP contribution in [-0.4, -0.2) is 32.6 Å². The first-order chi connectivity index (χ1) is 13.4.